The van der Waals surface area contributed by atoms with Gasteiger partial charge in [0.05, 0.1) is 30.0 Å². The van der Waals surface area contributed by atoms with Crippen molar-refractivity contribution in [2.45, 2.75) is 58.7 Å². The number of likely N-dealkylation sites (tertiary alicyclic amines) is 1. The highest BCUT2D eigenvalue weighted by Crippen LogP contribution is 2.35. The van der Waals surface area contributed by atoms with E-state index in [1.807, 2.05) is 20.8 Å². The molecule has 0 radical (unpaired) electrons. The van der Waals surface area contributed by atoms with Gasteiger partial charge in [-0.05, 0) is 50.4 Å². The molecule has 0 unspecified atom stereocenters. The summed E-state index contributed by atoms with van der Waals surface area (Å²) in [5.41, 5.74) is 0.962. The second kappa shape index (κ2) is 14.2. The van der Waals surface area contributed by atoms with Crippen LogP contribution in [0.1, 0.15) is 40.5 Å². The topological polar surface area (TPSA) is 150 Å². The number of pyridine rings is 1. The van der Waals surface area contributed by atoms with E-state index in [4.69, 9.17) is 16.3 Å². The van der Waals surface area contributed by atoms with Crippen LogP contribution in [0.4, 0.5) is 17.2 Å². The maximum Gasteiger partial charge on any atom is 0.247 e. The van der Waals surface area contributed by atoms with Crippen molar-refractivity contribution in [2.75, 3.05) is 31.3 Å². The molecule has 232 valence electrons. The lowest BCUT2D eigenvalue weighted by Gasteiger charge is -2.36. The molecular formula is C29H38Cl2N8O4. The van der Waals surface area contributed by atoms with Gasteiger partial charge in [0.2, 0.25) is 17.7 Å². The predicted octanol–water partition coefficient (Wildman–Crippen LogP) is 3.92. The van der Waals surface area contributed by atoms with Crippen molar-refractivity contribution in [1.29, 1.82) is 0 Å². The molecule has 4 rings (SSSR count). The first-order chi connectivity index (χ1) is 19.9. The van der Waals surface area contributed by atoms with E-state index in [-0.39, 0.29) is 35.3 Å². The van der Waals surface area contributed by atoms with Gasteiger partial charge in [0.1, 0.15) is 30.0 Å². The zero-order valence-electron chi connectivity index (χ0n) is 25.0. The normalized spacial score (nSPS) is 16.2. The number of amides is 3. The van der Waals surface area contributed by atoms with E-state index in [9.17, 15) is 14.4 Å². The van der Waals surface area contributed by atoms with Crippen molar-refractivity contribution in [3.05, 3.63) is 41.9 Å². The average Bonchev–Trinajstić information content (AvgIpc) is 3.46. The van der Waals surface area contributed by atoms with Gasteiger partial charge in [0.25, 0.3) is 0 Å². The van der Waals surface area contributed by atoms with Crippen LogP contribution in [0, 0.1) is 5.41 Å². The number of anilines is 3. The fourth-order valence-electron chi connectivity index (χ4n) is 4.79. The number of halogens is 2. The van der Waals surface area contributed by atoms with Gasteiger partial charge < -0.3 is 30.9 Å². The monoisotopic (exact) mass is 632 g/mol. The first-order valence-electron chi connectivity index (χ1n) is 13.7. The molecular weight excluding hydrogens is 595 g/mol. The van der Waals surface area contributed by atoms with Crippen LogP contribution in [0.15, 0.2) is 36.8 Å². The first-order valence-corrected chi connectivity index (χ1v) is 14.1. The Kier molecular flexibility index (Phi) is 11.1. The van der Waals surface area contributed by atoms with Gasteiger partial charge in [0.15, 0.2) is 5.15 Å². The van der Waals surface area contributed by atoms with E-state index in [1.54, 1.807) is 49.3 Å². The zero-order valence-corrected chi connectivity index (χ0v) is 26.6. The Hall–Kier alpha value is -3.74. The Bertz CT molecular complexity index is 1480. The highest BCUT2D eigenvalue weighted by Gasteiger charge is 2.42. The minimum Gasteiger partial charge on any atom is -0.494 e. The van der Waals surface area contributed by atoms with Crippen molar-refractivity contribution in [2.24, 2.45) is 5.41 Å². The van der Waals surface area contributed by atoms with E-state index in [0.29, 0.717) is 53.2 Å². The number of benzene rings is 1. The summed E-state index contributed by atoms with van der Waals surface area (Å²) in [7, 11) is 3.18. The van der Waals surface area contributed by atoms with Crippen molar-refractivity contribution in [1.82, 2.24) is 30.5 Å². The highest BCUT2D eigenvalue weighted by atomic mass is 35.5. The van der Waals surface area contributed by atoms with E-state index >= 15 is 0 Å². The number of carbonyl (C=O) groups excluding carboxylic acids is 3. The third kappa shape index (κ3) is 7.62. The number of carbonyl (C=O) groups is 3. The van der Waals surface area contributed by atoms with E-state index in [0.717, 1.165) is 0 Å². The fourth-order valence-corrected chi connectivity index (χ4v) is 4.96. The first kappa shape index (κ1) is 33.8. The van der Waals surface area contributed by atoms with E-state index in [2.05, 4.69) is 36.2 Å². The number of likely N-dealkylation sites (N-methyl/N-ethyl adjacent to an activating group) is 1. The summed E-state index contributed by atoms with van der Waals surface area (Å²) in [6.07, 6.45) is 4.14. The smallest absolute Gasteiger partial charge is 0.247 e. The van der Waals surface area contributed by atoms with Gasteiger partial charge in [-0.3, -0.25) is 14.4 Å². The second-order valence-electron chi connectivity index (χ2n) is 11.3. The summed E-state index contributed by atoms with van der Waals surface area (Å²) >= 11 is 6.23. The number of methoxy groups -OCH3 is 1. The van der Waals surface area contributed by atoms with Crippen LogP contribution in [0.3, 0.4) is 0 Å². The quantitative estimate of drug-likeness (QED) is 0.257. The molecule has 3 heterocycles. The Morgan fingerprint density at radius 1 is 1.14 bits per heavy atom. The number of fused-ring (bicyclic) bond motifs is 1. The highest BCUT2D eigenvalue weighted by molar-refractivity contribution is 6.32. The molecule has 43 heavy (non-hydrogen) atoms. The number of ether oxygens (including phenoxy) is 1. The largest absolute Gasteiger partial charge is 0.494 e. The molecule has 2 aromatic heterocycles. The average molecular weight is 634 g/mol. The molecule has 0 bridgehead atoms. The molecule has 3 aromatic rings. The maximum atomic E-state index is 13.8. The molecule has 4 N–H and O–H groups in total. The lowest BCUT2D eigenvalue weighted by Crippen LogP contribution is -2.59. The Morgan fingerprint density at radius 2 is 1.88 bits per heavy atom. The number of hydrogen-bond donors (Lipinski definition) is 4. The van der Waals surface area contributed by atoms with E-state index in [1.165, 1.54) is 13.4 Å². The molecule has 1 aliphatic rings. The van der Waals surface area contributed by atoms with Crippen LogP contribution in [-0.2, 0) is 14.4 Å². The predicted molar refractivity (Wildman–Crippen MR) is 169 cm³/mol. The summed E-state index contributed by atoms with van der Waals surface area (Å²) in [6.45, 7) is 7.79. The number of aromatic nitrogens is 3. The Balaban J connectivity index is 0.00000506. The second-order valence-corrected chi connectivity index (χ2v) is 11.6. The summed E-state index contributed by atoms with van der Waals surface area (Å²) < 4.78 is 5.57. The molecule has 1 saturated heterocycles. The van der Waals surface area contributed by atoms with Crippen LogP contribution in [0.5, 0.6) is 5.75 Å². The SMILES string of the molecule is CN[C@@H](C)C(=O)N[C@H](C(=O)N1CCC[C@H]1C(=O)Nc1cc2c(Nc3cccnc3Cl)ncnc2cc1OC)C(C)(C)C.Cl. The fraction of sp³-hybridized carbons (Fsp3) is 0.448. The van der Waals surface area contributed by atoms with Gasteiger partial charge in [0, 0.05) is 24.2 Å². The van der Waals surface area contributed by atoms with Gasteiger partial charge in [-0.15, -0.1) is 12.4 Å². The lowest BCUT2D eigenvalue weighted by molar-refractivity contribution is -0.143. The third-order valence-corrected chi connectivity index (χ3v) is 7.59. The summed E-state index contributed by atoms with van der Waals surface area (Å²) in [5, 5.41) is 12.8. The molecule has 1 aliphatic heterocycles. The summed E-state index contributed by atoms with van der Waals surface area (Å²) in [4.78, 5) is 54.5. The number of hydrogen-bond acceptors (Lipinski definition) is 9. The van der Waals surface area contributed by atoms with Gasteiger partial charge in [-0.1, -0.05) is 32.4 Å². The molecule has 0 aliphatic carbocycles. The van der Waals surface area contributed by atoms with Crippen molar-refractivity contribution >= 4 is 69.8 Å². The minimum atomic E-state index is -0.811. The Labute approximate surface area is 262 Å². The lowest BCUT2D eigenvalue weighted by atomic mass is 9.85. The van der Waals surface area contributed by atoms with Crippen molar-refractivity contribution < 1.29 is 19.1 Å². The zero-order chi connectivity index (χ0) is 30.6. The molecule has 0 saturated carbocycles. The standard InChI is InChI=1S/C29H37ClN8O4.ClH/c1-16(31-5)26(39)37-23(29(2,3)4)28(41)38-12-8-10-21(38)27(40)36-20-13-17-19(14-22(20)42-6)33-15-34-25(17)35-18-9-7-11-32-24(18)30;/h7,9,11,13-16,21,23,31H,8,10,12H2,1-6H3,(H,36,40)(H,37,39)(H,33,34,35);1H/t16-,21-,23+;/m0./s1. The molecule has 3 amide bonds. The molecule has 3 atom stereocenters. The van der Waals surface area contributed by atoms with Crippen LogP contribution >= 0.6 is 24.0 Å². The van der Waals surface area contributed by atoms with Crippen molar-refractivity contribution in [3.8, 4) is 5.75 Å². The van der Waals surface area contributed by atoms with Gasteiger partial charge >= 0.3 is 0 Å². The van der Waals surface area contributed by atoms with Crippen LogP contribution in [0.2, 0.25) is 5.15 Å². The number of nitrogens with zero attached hydrogens (tertiary/aromatic N) is 4. The van der Waals surface area contributed by atoms with Crippen LogP contribution in [0.25, 0.3) is 10.9 Å². The van der Waals surface area contributed by atoms with Gasteiger partial charge in [-0.25, -0.2) is 15.0 Å². The number of rotatable bonds is 9. The number of nitrogens with one attached hydrogen (secondary N) is 4. The van der Waals surface area contributed by atoms with Crippen LogP contribution < -0.4 is 26.0 Å². The molecule has 1 fully saturated rings. The minimum absolute atomic E-state index is 0. The maximum absolute atomic E-state index is 13.8. The molecule has 0 spiro atoms. The molecule has 1 aromatic carbocycles. The summed E-state index contributed by atoms with van der Waals surface area (Å²) in [6, 6.07) is 4.94. The van der Waals surface area contributed by atoms with Crippen molar-refractivity contribution in [3.63, 3.8) is 0 Å². The summed E-state index contributed by atoms with van der Waals surface area (Å²) in [5.74, 6) is -0.0775. The molecule has 12 nitrogen and oxygen atoms in total. The Morgan fingerprint density at radius 3 is 2.53 bits per heavy atom. The van der Waals surface area contributed by atoms with Crippen LogP contribution in [-0.4, -0.2) is 76.4 Å². The van der Waals surface area contributed by atoms with Gasteiger partial charge in [-0.2, -0.15) is 0 Å². The third-order valence-electron chi connectivity index (χ3n) is 7.29. The van der Waals surface area contributed by atoms with E-state index < -0.39 is 23.5 Å². The molecule has 14 heteroatoms.